The number of ketones is 1. The summed E-state index contributed by atoms with van der Waals surface area (Å²) in [4.78, 5) is 12.3. The summed E-state index contributed by atoms with van der Waals surface area (Å²) in [6.45, 7) is 0.373. The Bertz CT molecular complexity index is 704. The third kappa shape index (κ3) is 2.68. The Kier molecular flexibility index (Phi) is 3.70. The molecule has 3 heteroatoms. The Morgan fingerprint density at radius 1 is 0.950 bits per heavy atom. The predicted octanol–water partition coefficient (Wildman–Crippen LogP) is 3.59. The van der Waals surface area contributed by atoms with Crippen molar-refractivity contribution in [2.45, 2.75) is 6.54 Å². The van der Waals surface area contributed by atoms with Gasteiger partial charge in [-0.3, -0.25) is 4.79 Å². The lowest BCUT2D eigenvalue weighted by Gasteiger charge is -1.99. The van der Waals surface area contributed by atoms with Gasteiger partial charge in [-0.2, -0.15) is 4.57 Å². The van der Waals surface area contributed by atoms with Crippen LogP contribution in [0.4, 0.5) is 0 Å². The van der Waals surface area contributed by atoms with E-state index in [0.29, 0.717) is 6.54 Å². The summed E-state index contributed by atoms with van der Waals surface area (Å²) in [5, 5.41) is 2.08. The molecule has 0 spiro atoms. The molecule has 0 atom stereocenters. The Morgan fingerprint density at radius 3 is 2.30 bits per heavy atom. The number of hydrogen-bond donors (Lipinski definition) is 0. The van der Waals surface area contributed by atoms with Gasteiger partial charge in [0.2, 0.25) is 23.5 Å². The van der Waals surface area contributed by atoms with Crippen molar-refractivity contribution in [1.29, 1.82) is 0 Å². The molecule has 3 aromatic rings. The molecule has 98 valence electrons. The number of hydrogen-bond acceptors (Lipinski definition) is 2. The highest BCUT2D eigenvalue weighted by Gasteiger charge is 2.18. The largest absolute Gasteiger partial charge is 0.287 e. The molecule has 1 heterocycles. The molecule has 0 amide bonds. The molecule has 0 N–H and O–H groups in total. The van der Waals surface area contributed by atoms with Gasteiger partial charge in [-0.15, -0.1) is 0 Å². The number of carbonyl (C=O) groups is 1. The molecular formula is C17H14NOS+. The Hall–Kier alpha value is -2.26. The van der Waals surface area contributed by atoms with E-state index in [9.17, 15) is 4.79 Å². The maximum atomic E-state index is 12.3. The number of carbonyl (C=O) groups excluding carboxylic acids is 1. The van der Waals surface area contributed by atoms with Gasteiger partial charge in [0, 0.05) is 11.1 Å². The number of nitrogens with zero attached hydrogens (tertiary/aromatic N) is 1. The van der Waals surface area contributed by atoms with Crippen LogP contribution in [0.25, 0.3) is 11.3 Å². The highest BCUT2D eigenvalue weighted by atomic mass is 32.1. The zero-order valence-corrected chi connectivity index (χ0v) is 11.7. The van der Waals surface area contributed by atoms with Crippen LogP contribution in [-0.4, -0.2) is 5.78 Å². The summed E-state index contributed by atoms with van der Waals surface area (Å²) < 4.78 is 2.01. The number of rotatable bonds is 4. The van der Waals surface area contributed by atoms with E-state index in [2.05, 4.69) is 17.5 Å². The van der Waals surface area contributed by atoms with Crippen LogP contribution in [0.5, 0.6) is 0 Å². The van der Waals surface area contributed by atoms with Gasteiger partial charge in [0.15, 0.2) is 0 Å². The molecule has 0 fully saturated rings. The molecule has 0 saturated heterocycles. The van der Waals surface area contributed by atoms with Gasteiger partial charge >= 0.3 is 0 Å². The lowest BCUT2D eigenvalue weighted by Crippen LogP contribution is -2.37. The third-order valence-electron chi connectivity index (χ3n) is 3.16. The average molecular weight is 280 g/mol. The lowest BCUT2D eigenvalue weighted by molar-refractivity contribution is -0.667. The highest BCUT2D eigenvalue weighted by Crippen LogP contribution is 2.17. The summed E-state index contributed by atoms with van der Waals surface area (Å²) >= 11 is 1.61. The minimum atomic E-state index is 0.131. The van der Waals surface area contributed by atoms with E-state index in [1.54, 1.807) is 11.3 Å². The summed E-state index contributed by atoms with van der Waals surface area (Å²) in [5.74, 6) is 0.131. The monoisotopic (exact) mass is 280 g/mol. The molecule has 0 radical (unpaired) electrons. The van der Waals surface area contributed by atoms with Crippen LogP contribution >= 0.6 is 11.3 Å². The fourth-order valence-electron chi connectivity index (χ4n) is 2.13. The van der Waals surface area contributed by atoms with E-state index < -0.39 is 0 Å². The maximum Gasteiger partial charge on any atom is 0.227 e. The molecule has 0 saturated carbocycles. The fraction of sp³-hybridized carbons (Fsp3) is 0.0588. The van der Waals surface area contributed by atoms with Crippen LogP contribution in [0.3, 0.4) is 0 Å². The molecule has 20 heavy (non-hydrogen) atoms. The third-order valence-corrected chi connectivity index (χ3v) is 3.89. The van der Waals surface area contributed by atoms with E-state index in [1.165, 1.54) is 0 Å². The van der Waals surface area contributed by atoms with Crippen LogP contribution in [0, 0.1) is 0 Å². The second-order valence-electron chi connectivity index (χ2n) is 4.53. The second kappa shape index (κ2) is 5.80. The zero-order chi connectivity index (χ0) is 13.8. The second-order valence-corrected chi connectivity index (χ2v) is 5.25. The maximum absolute atomic E-state index is 12.3. The first-order valence-corrected chi connectivity index (χ1v) is 7.38. The first kappa shape index (κ1) is 12.8. The molecule has 2 aromatic carbocycles. The SMILES string of the molecule is O=C(C[n+]1cscc1-c1ccccc1)c1ccccc1. The minimum absolute atomic E-state index is 0.131. The van der Waals surface area contributed by atoms with Gasteiger partial charge in [-0.1, -0.05) is 59.9 Å². The molecule has 0 aliphatic carbocycles. The Morgan fingerprint density at radius 2 is 1.60 bits per heavy atom. The molecule has 3 rings (SSSR count). The van der Waals surface area contributed by atoms with Crippen molar-refractivity contribution in [2.75, 3.05) is 0 Å². The highest BCUT2D eigenvalue weighted by molar-refractivity contribution is 7.07. The summed E-state index contributed by atoms with van der Waals surface area (Å²) in [6.07, 6.45) is 0. The van der Waals surface area contributed by atoms with Crippen molar-refractivity contribution < 1.29 is 9.36 Å². The van der Waals surface area contributed by atoms with Crippen molar-refractivity contribution in [3.05, 3.63) is 77.1 Å². The number of thiazole rings is 1. The molecule has 0 aliphatic heterocycles. The van der Waals surface area contributed by atoms with Crippen LogP contribution in [0.2, 0.25) is 0 Å². The van der Waals surface area contributed by atoms with Crippen LogP contribution in [0.15, 0.2) is 71.6 Å². The predicted molar refractivity (Wildman–Crippen MR) is 80.7 cm³/mol. The molecular weight excluding hydrogens is 266 g/mol. The van der Waals surface area contributed by atoms with Crippen molar-refractivity contribution in [3.63, 3.8) is 0 Å². The number of aromatic nitrogens is 1. The van der Waals surface area contributed by atoms with E-state index in [1.807, 2.05) is 58.6 Å². The Balaban J connectivity index is 1.86. The van der Waals surface area contributed by atoms with Crippen molar-refractivity contribution >= 4 is 17.1 Å². The summed E-state index contributed by atoms with van der Waals surface area (Å²) in [6, 6.07) is 19.6. The fourth-order valence-corrected chi connectivity index (χ4v) is 2.92. The molecule has 0 bridgehead atoms. The van der Waals surface area contributed by atoms with Crippen LogP contribution in [-0.2, 0) is 6.54 Å². The smallest absolute Gasteiger partial charge is 0.227 e. The van der Waals surface area contributed by atoms with E-state index in [-0.39, 0.29) is 5.78 Å². The molecule has 2 nitrogen and oxygen atoms in total. The number of Topliss-reactive ketones (excluding diaryl/α,β-unsaturated/α-hetero) is 1. The van der Waals surface area contributed by atoms with Crippen molar-refractivity contribution in [2.24, 2.45) is 0 Å². The molecule has 0 unspecified atom stereocenters. The van der Waals surface area contributed by atoms with Crippen LogP contribution in [0.1, 0.15) is 10.4 Å². The topological polar surface area (TPSA) is 20.9 Å². The standard InChI is InChI=1S/C17H14NOS/c19-17(15-9-5-2-6-10-15)11-18-13-20-12-16(18)14-7-3-1-4-8-14/h1-10,12-13H,11H2/q+1. The van der Waals surface area contributed by atoms with Gasteiger partial charge in [-0.25, -0.2) is 0 Å². The first-order chi connectivity index (χ1) is 9.84. The first-order valence-electron chi connectivity index (χ1n) is 6.44. The van der Waals surface area contributed by atoms with Gasteiger partial charge in [0.25, 0.3) is 0 Å². The van der Waals surface area contributed by atoms with Gasteiger partial charge in [0.1, 0.15) is 0 Å². The van der Waals surface area contributed by atoms with E-state index >= 15 is 0 Å². The number of benzene rings is 2. The average Bonchev–Trinajstić information content (AvgIpc) is 2.97. The normalized spacial score (nSPS) is 10.4. The molecule has 1 aromatic heterocycles. The van der Waals surface area contributed by atoms with Crippen LogP contribution < -0.4 is 4.57 Å². The van der Waals surface area contributed by atoms with Gasteiger partial charge < -0.3 is 0 Å². The zero-order valence-electron chi connectivity index (χ0n) is 10.9. The summed E-state index contributed by atoms with van der Waals surface area (Å²) in [7, 11) is 0. The van der Waals surface area contributed by atoms with Gasteiger partial charge in [-0.05, 0) is 12.1 Å². The van der Waals surface area contributed by atoms with Crippen molar-refractivity contribution in [3.8, 4) is 11.3 Å². The van der Waals surface area contributed by atoms with Crippen molar-refractivity contribution in [1.82, 2.24) is 0 Å². The molecule has 0 aliphatic rings. The quantitative estimate of drug-likeness (QED) is 0.528. The van der Waals surface area contributed by atoms with E-state index in [4.69, 9.17) is 0 Å². The lowest BCUT2D eigenvalue weighted by atomic mass is 10.1. The summed E-state index contributed by atoms with van der Waals surface area (Å²) in [5.41, 5.74) is 4.96. The van der Waals surface area contributed by atoms with E-state index in [0.717, 1.165) is 16.8 Å². The minimum Gasteiger partial charge on any atom is -0.287 e. The Labute approximate surface area is 122 Å². The van der Waals surface area contributed by atoms with Gasteiger partial charge in [0.05, 0.1) is 5.38 Å².